The van der Waals surface area contributed by atoms with Gasteiger partial charge in [-0.1, -0.05) is 134 Å². The molecular weight excluding hydrogens is 384 g/mol. The molecule has 0 amide bonds. The molecule has 0 saturated carbocycles. The number of rotatable bonds is 23. The Balaban J connectivity index is 1.78. The summed E-state index contributed by atoms with van der Waals surface area (Å²) in [5.74, 6) is 0. The van der Waals surface area contributed by atoms with E-state index in [9.17, 15) is 5.11 Å². The molecule has 1 N–H and O–H groups in total. The molecule has 1 aromatic rings. The van der Waals surface area contributed by atoms with E-state index < -0.39 is 0 Å². The van der Waals surface area contributed by atoms with Gasteiger partial charge in [0.2, 0.25) is 0 Å². The fourth-order valence-electron chi connectivity index (χ4n) is 3.91. The van der Waals surface area contributed by atoms with E-state index in [1.54, 1.807) is 0 Å². The lowest BCUT2D eigenvalue weighted by atomic mass is 10.0. The zero-order valence-corrected chi connectivity index (χ0v) is 20.4. The lowest BCUT2D eigenvalue weighted by Gasteiger charge is -2.15. The molecule has 3 nitrogen and oxygen atoms in total. The maximum absolute atomic E-state index is 9.44. The van der Waals surface area contributed by atoms with E-state index >= 15 is 0 Å². The Kier molecular flexibility index (Phi) is 20.2. The van der Waals surface area contributed by atoms with Gasteiger partial charge in [-0.2, -0.15) is 0 Å². The highest BCUT2D eigenvalue weighted by Gasteiger charge is 2.08. The Morgan fingerprint density at radius 3 is 1.65 bits per heavy atom. The molecule has 3 heteroatoms. The molecule has 0 aliphatic carbocycles. The maximum atomic E-state index is 9.44. The average Bonchev–Trinajstić information content (AvgIpc) is 2.81. The molecule has 0 saturated heterocycles. The maximum Gasteiger partial charge on any atom is 0.104 e. The zero-order valence-electron chi connectivity index (χ0n) is 20.4. The van der Waals surface area contributed by atoms with Crippen LogP contribution in [-0.4, -0.2) is 31.0 Å². The molecule has 0 aliphatic rings. The van der Waals surface area contributed by atoms with Crippen LogP contribution in [0.5, 0.6) is 0 Å². The first-order valence-corrected chi connectivity index (χ1v) is 13.2. The Morgan fingerprint density at radius 2 is 1.16 bits per heavy atom. The predicted molar refractivity (Wildman–Crippen MR) is 132 cm³/mol. The van der Waals surface area contributed by atoms with Gasteiger partial charge in [-0.25, -0.2) is 0 Å². The molecule has 0 aromatic heterocycles. The molecule has 31 heavy (non-hydrogen) atoms. The van der Waals surface area contributed by atoms with Crippen molar-refractivity contribution in [1.29, 1.82) is 0 Å². The van der Waals surface area contributed by atoms with Crippen molar-refractivity contribution in [1.82, 2.24) is 0 Å². The fraction of sp³-hybridized carbons (Fsp3) is 0.786. The molecule has 0 radical (unpaired) electrons. The summed E-state index contributed by atoms with van der Waals surface area (Å²) < 4.78 is 11.4. The number of aliphatic hydroxyl groups is 1. The first-order valence-electron chi connectivity index (χ1n) is 13.2. The molecule has 0 heterocycles. The Morgan fingerprint density at radius 1 is 0.677 bits per heavy atom. The molecule has 0 aliphatic heterocycles. The first kappa shape index (κ1) is 28.1. The van der Waals surface area contributed by atoms with E-state index in [1.165, 1.54) is 96.3 Å². The summed E-state index contributed by atoms with van der Waals surface area (Å²) in [5.41, 5.74) is 1.12. The van der Waals surface area contributed by atoms with Crippen molar-refractivity contribution in [2.45, 2.75) is 122 Å². The van der Waals surface area contributed by atoms with Gasteiger partial charge in [0, 0.05) is 6.61 Å². The van der Waals surface area contributed by atoms with Gasteiger partial charge in [0.1, 0.15) is 6.10 Å². The lowest BCUT2D eigenvalue weighted by Crippen LogP contribution is -2.24. The summed E-state index contributed by atoms with van der Waals surface area (Å²) in [7, 11) is 0. The second-order valence-corrected chi connectivity index (χ2v) is 8.98. The summed E-state index contributed by atoms with van der Waals surface area (Å²) in [4.78, 5) is 0. The van der Waals surface area contributed by atoms with Crippen molar-refractivity contribution in [2.75, 3.05) is 19.8 Å². The third-order valence-corrected chi connectivity index (χ3v) is 5.98. The summed E-state index contributed by atoms with van der Waals surface area (Å²) >= 11 is 0. The van der Waals surface area contributed by atoms with Gasteiger partial charge >= 0.3 is 0 Å². The van der Waals surface area contributed by atoms with Crippen molar-refractivity contribution in [3.8, 4) is 0 Å². The van der Waals surface area contributed by atoms with Crippen molar-refractivity contribution in [2.24, 2.45) is 0 Å². The van der Waals surface area contributed by atoms with Crippen LogP contribution in [0, 0.1) is 0 Å². The summed E-state index contributed by atoms with van der Waals surface area (Å²) in [6.07, 6.45) is 21.9. The van der Waals surface area contributed by atoms with Crippen molar-refractivity contribution in [3.63, 3.8) is 0 Å². The number of hydrogen-bond acceptors (Lipinski definition) is 3. The third-order valence-electron chi connectivity index (χ3n) is 5.98. The molecular formula is C28H50O3. The average molecular weight is 435 g/mol. The molecule has 1 atom stereocenters. The smallest absolute Gasteiger partial charge is 0.104 e. The predicted octanol–water partition coefficient (Wildman–Crippen LogP) is 7.84. The van der Waals surface area contributed by atoms with Crippen molar-refractivity contribution >= 4 is 0 Å². The van der Waals surface area contributed by atoms with E-state index in [2.05, 4.69) is 6.92 Å². The number of hydrogen-bond donors (Lipinski definition) is 1. The van der Waals surface area contributed by atoms with Gasteiger partial charge in [-0.05, 0) is 12.0 Å². The summed E-state index contributed by atoms with van der Waals surface area (Å²) in [6, 6.07) is 10.1. The van der Waals surface area contributed by atoms with Gasteiger partial charge in [-0.3, -0.25) is 0 Å². The lowest BCUT2D eigenvalue weighted by molar-refractivity contribution is -0.0502. The normalized spacial score (nSPS) is 12.3. The van der Waals surface area contributed by atoms with E-state index in [0.29, 0.717) is 13.2 Å². The fourth-order valence-corrected chi connectivity index (χ4v) is 3.91. The van der Waals surface area contributed by atoms with Gasteiger partial charge < -0.3 is 14.6 Å². The highest BCUT2D eigenvalue weighted by Crippen LogP contribution is 2.13. The van der Waals surface area contributed by atoms with Crippen LogP contribution in [0.3, 0.4) is 0 Å². The van der Waals surface area contributed by atoms with Crippen LogP contribution < -0.4 is 0 Å². The second kappa shape index (κ2) is 22.3. The van der Waals surface area contributed by atoms with Crippen LogP contribution in [0.2, 0.25) is 0 Å². The van der Waals surface area contributed by atoms with E-state index in [-0.39, 0.29) is 12.7 Å². The van der Waals surface area contributed by atoms with Crippen LogP contribution in [0.4, 0.5) is 0 Å². The number of ether oxygens (including phenoxy) is 2. The molecule has 0 unspecified atom stereocenters. The minimum absolute atomic E-state index is 0.00575. The quantitative estimate of drug-likeness (QED) is 0.178. The van der Waals surface area contributed by atoms with Crippen molar-refractivity contribution < 1.29 is 14.6 Å². The van der Waals surface area contributed by atoms with Gasteiger partial charge in [0.25, 0.3) is 0 Å². The topological polar surface area (TPSA) is 38.7 Å². The van der Waals surface area contributed by atoms with Crippen LogP contribution in [0.1, 0.15) is 115 Å². The Bertz CT molecular complexity index is 463. The van der Waals surface area contributed by atoms with E-state index in [0.717, 1.165) is 18.6 Å². The molecule has 0 spiro atoms. The van der Waals surface area contributed by atoms with Crippen molar-refractivity contribution in [3.05, 3.63) is 35.9 Å². The van der Waals surface area contributed by atoms with Crippen LogP contribution in [0.15, 0.2) is 30.3 Å². The largest absolute Gasteiger partial charge is 0.394 e. The van der Waals surface area contributed by atoms with Gasteiger partial charge in [0.15, 0.2) is 0 Å². The SMILES string of the molecule is CCCCCCCCCCCCCCCCCCOC[C@H](CO)OCc1ccccc1. The van der Waals surface area contributed by atoms with Crippen LogP contribution in [-0.2, 0) is 16.1 Å². The number of benzene rings is 1. The second-order valence-electron chi connectivity index (χ2n) is 8.98. The highest BCUT2D eigenvalue weighted by atomic mass is 16.5. The highest BCUT2D eigenvalue weighted by molar-refractivity contribution is 5.13. The minimum atomic E-state index is -0.235. The first-order chi connectivity index (χ1) is 15.4. The minimum Gasteiger partial charge on any atom is -0.394 e. The zero-order chi connectivity index (χ0) is 22.2. The van der Waals surface area contributed by atoms with Crippen LogP contribution in [0.25, 0.3) is 0 Å². The van der Waals surface area contributed by atoms with Gasteiger partial charge in [-0.15, -0.1) is 0 Å². The van der Waals surface area contributed by atoms with E-state index in [4.69, 9.17) is 9.47 Å². The summed E-state index contributed by atoms with van der Waals surface area (Å²) in [6.45, 7) is 4.06. The molecule has 0 bridgehead atoms. The van der Waals surface area contributed by atoms with Crippen LogP contribution >= 0.6 is 0 Å². The molecule has 1 rings (SSSR count). The Hall–Kier alpha value is -0.900. The number of aliphatic hydroxyl groups excluding tert-OH is 1. The molecule has 0 fully saturated rings. The van der Waals surface area contributed by atoms with Gasteiger partial charge in [0.05, 0.1) is 19.8 Å². The Labute approximate surface area is 192 Å². The van der Waals surface area contributed by atoms with E-state index in [1.807, 2.05) is 30.3 Å². The third kappa shape index (κ3) is 18.4. The summed E-state index contributed by atoms with van der Waals surface area (Å²) in [5, 5.41) is 9.44. The standard InChI is InChI=1S/C28H50O3/c1-2-3-4-5-6-7-8-9-10-11-12-13-14-15-16-20-23-30-26-28(24-29)31-25-27-21-18-17-19-22-27/h17-19,21-22,28-29H,2-16,20,23-26H2,1H3/t28-/m0/s1. The number of unbranched alkanes of at least 4 members (excludes halogenated alkanes) is 15. The monoisotopic (exact) mass is 434 g/mol. The molecule has 180 valence electrons. The molecule has 1 aromatic carbocycles.